The molecular formula is C9H17NO. The van der Waals surface area contributed by atoms with Crippen LogP contribution in [0.1, 0.15) is 12.8 Å². The second-order valence-corrected chi connectivity index (χ2v) is 3.00. The highest BCUT2D eigenvalue weighted by atomic mass is 16.5. The molecule has 0 bridgehead atoms. The Labute approximate surface area is 68.6 Å². The molecule has 0 aromatic heterocycles. The number of ether oxygens (including phenoxy) is 1. The Balaban J connectivity index is 2.35. The van der Waals surface area contributed by atoms with Gasteiger partial charge in [0.25, 0.3) is 0 Å². The van der Waals surface area contributed by atoms with Crippen molar-refractivity contribution in [2.24, 2.45) is 5.92 Å². The average molecular weight is 155 g/mol. The molecule has 64 valence electrons. The Morgan fingerprint density at radius 3 is 2.64 bits per heavy atom. The van der Waals surface area contributed by atoms with Crippen LogP contribution in [0.15, 0.2) is 12.7 Å². The van der Waals surface area contributed by atoms with E-state index in [0.29, 0.717) is 6.04 Å². The second-order valence-electron chi connectivity index (χ2n) is 3.00. The van der Waals surface area contributed by atoms with Crippen LogP contribution in [0.3, 0.4) is 0 Å². The summed E-state index contributed by atoms with van der Waals surface area (Å²) in [5, 5.41) is 3.25. The van der Waals surface area contributed by atoms with Gasteiger partial charge in [-0.3, -0.25) is 0 Å². The van der Waals surface area contributed by atoms with Crippen molar-refractivity contribution in [3.63, 3.8) is 0 Å². The predicted octanol–water partition coefficient (Wildman–Crippen LogP) is 1.19. The molecule has 0 spiro atoms. The molecule has 1 heterocycles. The molecule has 0 aromatic carbocycles. The van der Waals surface area contributed by atoms with E-state index < -0.39 is 0 Å². The Morgan fingerprint density at radius 1 is 1.55 bits per heavy atom. The summed E-state index contributed by atoms with van der Waals surface area (Å²) in [6.45, 7) is 5.63. The van der Waals surface area contributed by atoms with Crippen LogP contribution in [0.2, 0.25) is 0 Å². The largest absolute Gasteiger partial charge is 0.381 e. The molecule has 2 heteroatoms. The van der Waals surface area contributed by atoms with E-state index in [1.54, 1.807) is 0 Å². The smallest absolute Gasteiger partial charge is 0.0469 e. The van der Waals surface area contributed by atoms with Crippen molar-refractivity contribution in [1.29, 1.82) is 0 Å². The van der Waals surface area contributed by atoms with Crippen molar-refractivity contribution in [3.8, 4) is 0 Å². The number of likely N-dealkylation sites (N-methyl/N-ethyl adjacent to an activating group) is 1. The van der Waals surface area contributed by atoms with Gasteiger partial charge in [-0.2, -0.15) is 0 Å². The molecule has 1 rings (SSSR count). The van der Waals surface area contributed by atoms with Gasteiger partial charge in [-0.15, -0.1) is 6.58 Å². The maximum Gasteiger partial charge on any atom is 0.0469 e. The first-order valence-corrected chi connectivity index (χ1v) is 4.26. The van der Waals surface area contributed by atoms with Crippen molar-refractivity contribution in [3.05, 3.63) is 12.7 Å². The van der Waals surface area contributed by atoms with Crippen LogP contribution in [0, 0.1) is 5.92 Å². The monoisotopic (exact) mass is 155 g/mol. The fraction of sp³-hybridized carbons (Fsp3) is 0.778. The van der Waals surface area contributed by atoms with Crippen LogP contribution in [0.5, 0.6) is 0 Å². The Hall–Kier alpha value is -0.340. The molecular weight excluding hydrogens is 138 g/mol. The Kier molecular flexibility index (Phi) is 3.60. The van der Waals surface area contributed by atoms with Crippen LogP contribution >= 0.6 is 0 Å². The third-order valence-electron chi connectivity index (χ3n) is 2.36. The summed E-state index contributed by atoms with van der Waals surface area (Å²) < 4.78 is 5.28. The topological polar surface area (TPSA) is 21.3 Å². The first-order chi connectivity index (χ1) is 5.38. The SMILES string of the molecule is C=CC(NC)C1CCOCC1. The van der Waals surface area contributed by atoms with Gasteiger partial charge in [-0.25, -0.2) is 0 Å². The summed E-state index contributed by atoms with van der Waals surface area (Å²) >= 11 is 0. The predicted molar refractivity (Wildman–Crippen MR) is 46.6 cm³/mol. The minimum Gasteiger partial charge on any atom is -0.381 e. The molecule has 1 saturated heterocycles. The first-order valence-electron chi connectivity index (χ1n) is 4.26. The zero-order valence-electron chi connectivity index (χ0n) is 7.18. The van der Waals surface area contributed by atoms with Gasteiger partial charge in [0.15, 0.2) is 0 Å². The number of nitrogens with one attached hydrogen (secondary N) is 1. The van der Waals surface area contributed by atoms with Gasteiger partial charge >= 0.3 is 0 Å². The highest BCUT2D eigenvalue weighted by Crippen LogP contribution is 2.18. The molecule has 1 aliphatic heterocycles. The third-order valence-corrected chi connectivity index (χ3v) is 2.36. The molecule has 1 N–H and O–H groups in total. The molecule has 1 aliphatic rings. The molecule has 0 saturated carbocycles. The highest BCUT2D eigenvalue weighted by Gasteiger charge is 2.19. The number of hydrogen-bond donors (Lipinski definition) is 1. The van der Waals surface area contributed by atoms with Gasteiger partial charge < -0.3 is 10.1 Å². The maximum absolute atomic E-state index is 5.28. The van der Waals surface area contributed by atoms with Gasteiger partial charge in [0.2, 0.25) is 0 Å². The normalized spacial score (nSPS) is 23.0. The summed E-state index contributed by atoms with van der Waals surface area (Å²) in [6, 6.07) is 0.471. The second kappa shape index (κ2) is 4.52. The van der Waals surface area contributed by atoms with E-state index in [0.717, 1.165) is 32.0 Å². The van der Waals surface area contributed by atoms with Crippen molar-refractivity contribution >= 4 is 0 Å². The summed E-state index contributed by atoms with van der Waals surface area (Å²) in [6.07, 6.45) is 4.32. The third kappa shape index (κ3) is 2.31. The minimum absolute atomic E-state index is 0.471. The van der Waals surface area contributed by atoms with E-state index in [1.165, 1.54) is 0 Å². The molecule has 1 fully saturated rings. The maximum atomic E-state index is 5.28. The fourth-order valence-electron chi connectivity index (χ4n) is 1.62. The number of rotatable bonds is 3. The molecule has 0 amide bonds. The lowest BCUT2D eigenvalue weighted by atomic mass is 9.92. The van der Waals surface area contributed by atoms with Crippen LogP contribution in [-0.2, 0) is 4.74 Å². The standard InChI is InChI=1S/C9H17NO/c1-3-9(10-2)8-4-6-11-7-5-8/h3,8-10H,1,4-7H2,2H3. The molecule has 1 unspecified atom stereocenters. The van der Waals surface area contributed by atoms with Crippen LogP contribution in [0.25, 0.3) is 0 Å². The Bertz CT molecular complexity index is 119. The van der Waals surface area contributed by atoms with E-state index in [-0.39, 0.29) is 0 Å². The number of hydrogen-bond acceptors (Lipinski definition) is 2. The van der Waals surface area contributed by atoms with Gasteiger partial charge in [-0.1, -0.05) is 6.08 Å². The van der Waals surface area contributed by atoms with E-state index in [1.807, 2.05) is 13.1 Å². The lowest BCUT2D eigenvalue weighted by Gasteiger charge is -2.27. The molecule has 0 aromatic rings. The van der Waals surface area contributed by atoms with Gasteiger partial charge in [0.05, 0.1) is 0 Å². The Morgan fingerprint density at radius 2 is 2.18 bits per heavy atom. The molecule has 2 nitrogen and oxygen atoms in total. The lowest BCUT2D eigenvalue weighted by molar-refractivity contribution is 0.0600. The van der Waals surface area contributed by atoms with Gasteiger partial charge in [-0.05, 0) is 25.8 Å². The summed E-state index contributed by atoms with van der Waals surface area (Å²) in [7, 11) is 1.99. The van der Waals surface area contributed by atoms with Gasteiger partial charge in [0, 0.05) is 19.3 Å². The van der Waals surface area contributed by atoms with Crippen molar-refractivity contribution in [2.45, 2.75) is 18.9 Å². The van der Waals surface area contributed by atoms with Crippen molar-refractivity contribution in [1.82, 2.24) is 5.32 Å². The summed E-state index contributed by atoms with van der Waals surface area (Å²) in [5.74, 6) is 0.728. The van der Waals surface area contributed by atoms with Gasteiger partial charge in [0.1, 0.15) is 0 Å². The van der Waals surface area contributed by atoms with Crippen LogP contribution in [-0.4, -0.2) is 26.3 Å². The van der Waals surface area contributed by atoms with E-state index in [2.05, 4.69) is 11.9 Å². The average Bonchev–Trinajstić information content (AvgIpc) is 2.09. The quantitative estimate of drug-likeness (QED) is 0.618. The molecule has 11 heavy (non-hydrogen) atoms. The van der Waals surface area contributed by atoms with Crippen LogP contribution < -0.4 is 5.32 Å². The van der Waals surface area contributed by atoms with E-state index >= 15 is 0 Å². The van der Waals surface area contributed by atoms with Crippen LogP contribution in [0.4, 0.5) is 0 Å². The van der Waals surface area contributed by atoms with E-state index in [9.17, 15) is 0 Å². The lowest BCUT2D eigenvalue weighted by Crippen LogP contribution is -2.35. The summed E-state index contributed by atoms with van der Waals surface area (Å²) in [4.78, 5) is 0. The highest BCUT2D eigenvalue weighted by molar-refractivity contribution is 4.90. The fourth-order valence-corrected chi connectivity index (χ4v) is 1.62. The van der Waals surface area contributed by atoms with Crippen molar-refractivity contribution < 1.29 is 4.74 Å². The molecule has 0 aliphatic carbocycles. The first kappa shape index (κ1) is 8.75. The molecule has 1 atom stereocenters. The molecule has 0 radical (unpaired) electrons. The van der Waals surface area contributed by atoms with E-state index in [4.69, 9.17) is 4.74 Å². The summed E-state index contributed by atoms with van der Waals surface area (Å²) in [5.41, 5.74) is 0. The zero-order valence-corrected chi connectivity index (χ0v) is 7.18. The van der Waals surface area contributed by atoms with Crippen molar-refractivity contribution in [2.75, 3.05) is 20.3 Å². The zero-order chi connectivity index (χ0) is 8.10. The minimum atomic E-state index is 0.471.